The van der Waals surface area contributed by atoms with E-state index < -0.39 is 0 Å². The molecular weight excluding hydrogens is 412 g/mol. The second-order valence-corrected chi connectivity index (χ2v) is 9.16. The smallest absolute Gasteiger partial charge is 0.254 e. The first-order valence-corrected chi connectivity index (χ1v) is 11.8. The van der Waals surface area contributed by atoms with E-state index in [-0.39, 0.29) is 17.7 Å². The molecule has 5 nitrogen and oxygen atoms in total. The molecule has 1 N–H and O–H groups in total. The van der Waals surface area contributed by atoms with Gasteiger partial charge < -0.3 is 15.0 Å². The molecule has 1 fully saturated rings. The molecule has 0 bridgehead atoms. The van der Waals surface area contributed by atoms with Crippen LogP contribution in [-0.4, -0.2) is 36.4 Å². The average Bonchev–Trinajstić information content (AvgIpc) is 2.86. The third-order valence-corrected chi connectivity index (χ3v) is 6.15. The highest BCUT2D eigenvalue weighted by molar-refractivity contribution is 6.07. The summed E-state index contributed by atoms with van der Waals surface area (Å²) in [6.07, 6.45) is 1.37. The number of likely N-dealkylation sites (tertiary alicyclic amines) is 1. The molecule has 0 spiro atoms. The van der Waals surface area contributed by atoms with E-state index in [9.17, 15) is 9.59 Å². The molecule has 5 heteroatoms. The predicted molar refractivity (Wildman–Crippen MR) is 131 cm³/mol. The van der Waals surface area contributed by atoms with E-state index in [1.165, 1.54) is 0 Å². The Morgan fingerprint density at radius 2 is 1.67 bits per heavy atom. The molecule has 0 radical (unpaired) electrons. The van der Waals surface area contributed by atoms with Crippen LogP contribution in [0.5, 0.6) is 5.75 Å². The van der Waals surface area contributed by atoms with Gasteiger partial charge in [0.2, 0.25) is 5.91 Å². The van der Waals surface area contributed by atoms with E-state index in [0.29, 0.717) is 45.0 Å². The van der Waals surface area contributed by atoms with Crippen molar-refractivity contribution in [2.24, 2.45) is 11.8 Å². The Morgan fingerprint density at radius 3 is 2.39 bits per heavy atom. The molecule has 33 heavy (non-hydrogen) atoms. The standard InChI is InChI=1S/C28H32N2O3/c1-20(2)19-33-24-12-10-21(11-13-24)18-29-27(31)23-14-16-30(17-15-23)28(32)26-9-5-7-22-6-3-4-8-25(22)26/h3-13,20,23H,14-19H2,1-2H3,(H,29,31). The van der Waals surface area contributed by atoms with Crippen LogP contribution in [0.3, 0.4) is 0 Å². The summed E-state index contributed by atoms with van der Waals surface area (Å²) in [6, 6.07) is 21.7. The maximum atomic E-state index is 13.1. The minimum Gasteiger partial charge on any atom is -0.493 e. The Balaban J connectivity index is 1.27. The number of rotatable bonds is 7. The van der Waals surface area contributed by atoms with E-state index in [2.05, 4.69) is 19.2 Å². The van der Waals surface area contributed by atoms with Gasteiger partial charge in [-0.05, 0) is 53.3 Å². The first kappa shape index (κ1) is 22.8. The van der Waals surface area contributed by atoms with Gasteiger partial charge in [-0.25, -0.2) is 0 Å². The Hall–Kier alpha value is -3.34. The van der Waals surface area contributed by atoms with Crippen LogP contribution in [0.25, 0.3) is 10.8 Å². The molecule has 3 aromatic rings. The molecule has 1 heterocycles. The number of hydrogen-bond acceptors (Lipinski definition) is 3. The Labute approximate surface area is 195 Å². The molecule has 3 aromatic carbocycles. The lowest BCUT2D eigenvalue weighted by atomic mass is 9.94. The number of piperidine rings is 1. The summed E-state index contributed by atoms with van der Waals surface area (Å²) >= 11 is 0. The molecule has 0 unspecified atom stereocenters. The third kappa shape index (κ3) is 5.72. The van der Waals surface area contributed by atoms with Gasteiger partial charge in [0.05, 0.1) is 6.61 Å². The molecule has 0 aliphatic carbocycles. The lowest BCUT2D eigenvalue weighted by Crippen LogP contribution is -2.43. The van der Waals surface area contributed by atoms with E-state index >= 15 is 0 Å². The molecule has 1 saturated heterocycles. The van der Waals surface area contributed by atoms with Gasteiger partial charge in [-0.2, -0.15) is 0 Å². The topological polar surface area (TPSA) is 58.6 Å². The number of hydrogen-bond donors (Lipinski definition) is 1. The number of ether oxygens (including phenoxy) is 1. The molecule has 0 aromatic heterocycles. The molecule has 1 aliphatic rings. The SMILES string of the molecule is CC(C)COc1ccc(CNC(=O)C2CCN(C(=O)c3cccc4ccccc34)CC2)cc1. The third-order valence-electron chi connectivity index (χ3n) is 6.15. The first-order valence-electron chi connectivity index (χ1n) is 11.8. The monoisotopic (exact) mass is 444 g/mol. The lowest BCUT2D eigenvalue weighted by molar-refractivity contribution is -0.126. The van der Waals surface area contributed by atoms with Gasteiger partial charge in [-0.1, -0.05) is 62.4 Å². The van der Waals surface area contributed by atoms with Crippen molar-refractivity contribution in [2.45, 2.75) is 33.2 Å². The van der Waals surface area contributed by atoms with Crippen molar-refractivity contribution in [1.29, 1.82) is 0 Å². The zero-order chi connectivity index (χ0) is 23.2. The molecule has 2 amide bonds. The zero-order valence-corrected chi connectivity index (χ0v) is 19.4. The van der Waals surface area contributed by atoms with Crippen LogP contribution in [0.15, 0.2) is 66.7 Å². The number of nitrogens with one attached hydrogen (secondary N) is 1. The van der Waals surface area contributed by atoms with E-state index in [1.54, 1.807) is 0 Å². The average molecular weight is 445 g/mol. The summed E-state index contributed by atoms with van der Waals surface area (Å²) in [4.78, 5) is 27.7. The fraction of sp³-hybridized carbons (Fsp3) is 0.357. The number of carbonyl (C=O) groups is 2. The fourth-order valence-corrected chi connectivity index (χ4v) is 4.23. The van der Waals surface area contributed by atoms with Crippen molar-refractivity contribution in [3.8, 4) is 5.75 Å². The van der Waals surface area contributed by atoms with Crippen LogP contribution in [0.2, 0.25) is 0 Å². The highest BCUT2D eigenvalue weighted by Crippen LogP contribution is 2.24. The van der Waals surface area contributed by atoms with Crippen molar-refractivity contribution in [2.75, 3.05) is 19.7 Å². The van der Waals surface area contributed by atoms with Crippen LogP contribution in [0, 0.1) is 11.8 Å². The van der Waals surface area contributed by atoms with E-state index in [0.717, 1.165) is 27.6 Å². The summed E-state index contributed by atoms with van der Waals surface area (Å²) in [5, 5.41) is 5.10. The van der Waals surface area contributed by atoms with Crippen LogP contribution < -0.4 is 10.1 Å². The Kier molecular flexibility index (Phi) is 7.28. The number of benzene rings is 3. The second-order valence-electron chi connectivity index (χ2n) is 9.16. The Bertz CT molecular complexity index is 1090. The second kappa shape index (κ2) is 10.5. The van der Waals surface area contributed by atoms with Crippen molar-refractivity contribution < 1.29 is 14.3 Å². The maximum absolute atomic E-state index is 13.1. The summed E-state index contributed by atoms with van der Waals surface area (Å²) < 4.78 is 5.71. The van der Waals surface area contributed by atoms with E-state index in [1.807, 2.05) is 71.6 Å². The molecule has 0 atom stereocenters. The Morgan fingerprint density at radius 1 is 0.970 bits per heavy atom. The number of carbonyl (C=O) groups excluding carboxylic acids is 2. The van der Waals surface area contributed by atoms with Gasteiger partial charge in [0.15, 0.2) is 0 Å². The van der Waals surface area contributed by atoms with Crippen LogP contribution in [0.4, 0.5) is 0 Å². The number of nitrogens with zero attached hydrogens (tertiary/aromatic N) is 1. The van der Waals surface area contributed by atoms with Gasteiger partial charge in [0, 0.05) is 31.1 Å². The van der Waals surface area contributed by atoms with Crippen molar-refractivity contribution in [3.63, 3.8) is 0 Å². The quantitative estimate of drug-likeness (QED) is 0.555. The summed E-state index contributed by atoms with van der Waals surface area (Å²) in [5.74, 6) is 1.38. The van der Waals surface area contributed by atoms with Crippen LogP contribution >= 0.6 is 0 Å². The van der Waals surface area contributed by atoms with Gasteiger partial charge in [-0.15, -0.1) is 0 Å². The molecule has 4 rings (SSSR count). The lowest BCUT2D eigenvalue weighted by Gasteiger charge is -2.31. The van der Waals surface area contributed by atoms with Gasteiger partial charge in [-0.3, -0.25) is 9.59 Å². The predicted octanol–water partition coefficient (Wildman–Crippen LogP) is 5.04. The molecule has 172 valence electrons. The first-order chi connectivity index (χ1) is 16.0. The minimum atomic E-state index is -0.0600. The normalized spacial score (nSPS) is 14.5. The van der Waals surface area contributed by atoms with Gasteiger partial charge in [0.25, 0.3) is 5.91 Å². The van der Waals surface area contributed by atoms with Crippen LogP contribution in [0.1, 0.15) is 42.6 Å². The highest BCUT2D eigenvalue weighted by Gasteiger charge is 2.28. The number of amides is 2. The summed E-state index contributed by atoms with van der Waals surface area (Å²) in [7, 11) is 0. The van der Waals surface area contributed by atoms with Gasteiger partial charge in [0.1, 0.15) is 5.75 Å². The molecular formula is C28H32N2O3. The van der Waals surface area contributed by atoms with Crippen molar-refractivity contribution in [1.82, 2.24) is 10.2 Å². The minimum absolute atomic E-state index is 0.0467. The van der Waals surface area contributed by atoms with Crippen molar-refractivity contribution in [3.05, 3.63) is 77.9 Å². The summed E-state index contributed by atoms with van der Waals surface area (Å²) in [6.45, 7) is 6.63. The zero-order valence-electron chi connectivity index (χ0n) is 19.4. The summed E-state index contributed by atoms with van der Waals surface area (Å²) in [5.41, 5.74) is 1.78. The number of fused-ring (bicyclic) bond motifs is 1. The molecule has 0 saturated carbocycles. The maximum Gasteiger partial charge on any atom is 0.254 e. The van der Waals surface area contributed by atoms with E-state index in [4.69, 9.17) is 4.74 Å². The molecule has 1 aliphatic heterocycles. The fourth-order valence-electron chi connectivity index (χ4n) is 4.23. The highest BCUT2D eigenvalue weighted by atomic mass is 16.5. The van der Waals surface area contributed by atoms with Crippen LogP contribution in [-0.2, 0) is 11.3 Å². The van der Waals surface area contributed by atoms with Gasteiger partial charge >= 0.3 is 0 Å². The largest absolute Gasteiger partial charge is 0.493 e. The van der Waals surface area contributed by atoms with Crippen molar-refractivity contribution >= 4 is 22.6 Å².